The first-order chi connectivity index (χ1) is 11.1. The van der Waals surface area contributed by atoms with Gasteiger partial charge in [0.25, 0.3) is 0 Å². The van der Waals surface area contributed by atoms with Gasteiger partial charge in [-0.2, -0.15) is 0 Å². The Kier molecular flexibility index (Phi) is 4.49. The van der Waals surface area contributed by atoms with Gasteiger partial charge < -0.3 is 14.2 Å². The summed E-state index contributed by atoms with van der Waals surface area (Å²) >= 11 is 4.89. The summed E-state index contributed by atoms with van der Waals surface area (Å²) in [5, 5.41) is 1.90. The van der Waals surface area contributed by atoms with E-state index in [1.54, 1.807) is 26.4 Å². The Bertz CT molecular complexity index is 812. The topological polar surface area (TPSA) is 57.1 Å². The first kappa shape index (κ1) is 15.8. The Hall–Kier alpha value is -2.12. The third kappa shape index (κ3) is 3.16. The highest BCUT2D eigenvalue weighted by Crippen LogP contribution is 2.37. The van der Waals surface area contributed by atoms with Crippen molar-refractivity contribution in [3.63, 3.8) is 0 Å². The van der Waals surface area contributed by atoms with E-state index in [0.29, 0.717) is 17.4 Å². The standard InChI is InChI=1S/C16H12BrNO4S/c1-20-12-8-9(6-10(17)14(12)21-2)7-11-16(19)22-15(18-11)13-4-3-5-23-13/h3-8H,1-2H3/b11-7+. The molecule has 0 unspecified atom stereocenters. The van der Waals surface area contributed by atoms with E-state index in [2.05, 4.69) is 20.9 Å². The Morgan fingerprint density at radius 2 is 2.13 bits per heavy atom. The molecule has 0 aliphatic carbocycles. The van der Waals surface area contributed by atoms with Crippen LogP contribution >= 0.6 is 27.3 Å². The largest absolute Gasteiger partial charge is 0.493 e. The Balaban J connectivity index is 1.98. The number of hydrogen-bond acceptors (Lipinski definition) is 6. The fraction of sp³-hybridized carbons (Fsp3) is 0.125. The lowest BCUT2D eigenvalue weighted by Crippen LogP contribution is -2.03. The quantitative estimate of drug-likeness (QED) is 0.584. The van der Waals surface area contributed by atoms with Crippen LogP contribution in [0.5, 0.6) is 11.5 Å². The van der Waals surface area contributed by atoms with Crippen LogP contribution in [0.2, 0.25) is 0 Å². The fourth-order valence-electron chi connectivity index (χ4n) is 2.09. The summed E-state index contributed by atoms with van der Waals surface area (Å²) in [5.41, 5.74) is 0.991. The van der Waals surface area contributed by atoms with Crippen LogP contribution in [-0.2, 0) is 9.53 Å². The number of rotatable bonds is 4. The summed E-state index contributed by atoms with van der Waals surface area (Å²) in [6.07, 6.45) is 1.65. The Morgan fingerprint density at radius 1 is 1.30 bits per heavy atom. The van der Waals surface area contributed by atoms with Crippen molar-refractivity contribution in [3.05, 3.63) is 50.3 Å². The van der Waals surface area contributed by atoms with Crippen LogP contribution in [0.15, 0.2) is 44.8 Å². The molecule has 3 rings (SSSR count). The molecule has 0 spiro atoms. The van der Waals surface area contributed by atoms with Crippen molar-refractivity contribution in [2.45, 2.75) is 0 Å². The van der Waals surface area contributed by atoms with Gasteiger partial charge in [0.15, 0.2) is 17.2 Å². The van der Waals surface area contributed by atoms with E-state index in [0.717, 1.165) is 14.9 Å². The van der Waals surface area contributed by atoms with Crippen molar-refractivity contribution in [1.82, 2.24) is 0 Å². The second-order valence-corrected chi connectivity index (χ2v) is 6.35. The van der Waals surface area contributed by atoms with Crippen molar-refractivity contribution >= 4 is 45.2 Å². The number of esters is 1. The van der Waals surface area contributed by atoms with Gasteiger partial charge in [0, 0.05) is 0 Å². The molecule has 1 aliphatic heterocycles. The highest BCUT2D eigenvalue weighted by Gasteiger charge is 2.25. The molecule has 0 saturated heterocycles. The molecule has 118 valence electrons. The third-order valence-corrected chi connectivity index (χ3v) is 4.56. The monoisotopic (exact) mass is 393 g/mol. The molecule has 0 saturated carbocycles. The number of carbonyl (C=O) groups is 1. The lowest BCUT2D eigenvalue weighted by Gasteiger charge is -2.10. The Labute approximate surface area is 145 Å². The summed E-state index contributed by atoms with van der Waals surface area (Å²) in [6, 6.07) is 7.32. The lowest BCUT2D eigenvalue weighted by atomic mass is 10.1. The van der Waals surface area contributed by atoms with Crippen LogP contribution in [0.25, 0.3) is 6.08 Å². The number of halogens is 1. The predicted octanol–water partition coefficient (Wildman–Crippen LogP) is 3.87. The smallest absolute Gasteiger partial charge is 0.363 e. The van der Waals surface area contributed by atoms with E-state index in [-0.39, 0.29) is 5.70 Å². The summed E-state index contributed by atoms with van der Waals surface area (Å²) in [5.74, 6) is 1.00. The molecule has 0 bridgehead atoms. The molecule has 0 radical (unpaired) electrons. The molecule has 0 atom stereocenters. The molecule has 1 aromatic carbocycles. The zero-order valence-electron chi connectivity index (χ0n) is 12.3. The van der Waals surface area contributed by atoms with Gasteiger partial charge in [-0.05, 0) is 51.1 Å². The molecule has 0 amide bonds. The van der Waals surface area contributed by atoms with Gasteiger partial charge in [-0.3, -0.25) is 0 Å². The number of nitrogens with zero attached hydrogens (tertiary/aromatic N) is 1. The van der Waals surface area contributed by atoms with Crippen molar-refractivity contribution in [3.8, 4) is 11.5 Å². The second kappa shape index (κ2) is 6.55. The van der Waals surface area contributed by atoms with Gasteiger partial charge in [0.1, 0.15) is 0 Å². The van der Waals surface area contributed by atoms with E-state index in [1.807, 2.05) is 23.6 Å². The maximum atomic E-state index is 12.0. The number of ether oxygens (including phenoxy) is 3. The summed E-state index contributed by atoms with van der Waals surface area (Å²) in [7, 11) is 3.12. The van der Waals surface area contributed by atoms with E-state index in [1.165, 1.54) is 11.3 Å². The molecular weight excluding hydrogens is 382 g/mol. The molecule has 23 heavy (non-hydrogen) atoms. The number of carbonyl (C=O) groups excluding carboxylic acids is 1. The van der Waals surface area contributed by atoms with Gasteiger partial charge in [-0.15, -0.1) is 11.3 Å². The highest BCUT2D eigenvalue weighted by molar-refractivity contribution is 9.10. The van der Waals surface area contributed by atoms with Crippen LogP contribution in [0.3, 0.4) is 0 Å². The van der Waals surface area contributed by atoms with Gasteiger partial charge in [0.2, 0.25) is 5.90 Å². The first-order valence-electron chi connectivity index (χ1n) is 6.60. The zero-order valence-corrected chi connectivity index (χ0v) is 14.7. The SMILES string of the molecule is COc1cc(/C=C2/N=C(c3cccs3)OC2=O)cc(Br)c1OC. The fourth-order valence-corrected chi connectivity index (χ4v) is 3.36. The number of thiophene rings is 1. The van der Waals surface area contributed by atoms with E-state index >= 15 is 0 Å². The van der Waals surface area contributed by atoms with Crippen LogP contribution in [0.1, 0.15) is 10.4 Å². The minimum atomic E-state index is -0.473. The van der Waals surface area contributed by atoms with Gasteiger partial charge in [-0.25, -0.2) is 9.79 Å². The van der Waals surface area contributed by atoms with Crippen LogP contribution < -0.4 is 9.47 Å². The molecule has 1 aromatic heterocycles. The summed E-state index contributed by atoms with van der Waals surface area (Å²) < 4.78 is 16.5. The number of cyclic esters (lactones) is 1. The van der Waals surface area contributed by atoms with Gasteiger partial charge >= 0.3 is 5.97 Å². The molecule has 1 aliphatic rings. The van der Waals surface area contributed by atoms with Crippen LogP contribution in [0.4, 0.5) is 0 Å². The molecule has 0 N–H and O–H groups in total. The maximum Gasteiger partial charge on any atom is 0.363 e. The van der Waals surface area contributed by atoms with E-state index in [9.17, 15) is 4.79 Å². The highest BCUT2D eigenvalue weighted by atomic mass is 79.9. The number of benzene rings is 1. The van der Waals surface area contributed by atoms with Crippen LogP contribution in [-0.4, -0.2) is 26.1 Å². The van der Waals surface area contributed by atoms with Crippen LogP contribution in [0, 0.1) is 0 Å². The average molecular weight is 394 g/mol. The molecule has 0 fully saturated rings. The third-order valence-electron chi connectivity index (χ3n) is 3.11. The number of methoxy groups -OCH3 is 2. The zero-order chi connectivity index (χ0) is 16.4. The minimum absolute atomic E-state index is 0.243. The van der Waals surface area contributed by atoms with Crippen molar-refractivity contribution in [2.24, 2.45) is 4.99 Å². The molecular formula is C16H12BrNO4S. The van der Waals surface area contributed by atoms with Gasteiger partial charge in [0.05, 0.1) is 23.6 Å². The van der Waals surface area contributed by atoms with Crippen molar-refractivity contribution in [1.29, 1.82) is 0 Å². The summed E-state index contributed by atoms with van der Waals surface area (Å²) in [4.78, 5) is 17.1. The van der Waals surface area contributed by atoms with Crippen molar-refractivity contribution in [2.75, 3.05) is 14.2 Å². The molecule has 2 heterocycles. The maximum absolute atomic E-state index is 12.0. The first-order valence-corrected chi connectivity index (χ1v) is 8.27. The van der Waals surface area contributed by atoms with E-state index < -0.39 is 5.97 Å². The van der Waals surface area contributed by atoms with E-state index in [4.69, 9.17) is 14.2 Å². The number of hydrogen-bond donors (Lipinski definition) is 0. The van der Waals surface area contributed by atoms with Gasteiger partial charge in [-0.1, -0.05) is 6.07 Å². The summed E-state index contributed by atoms with van der Waals surface area (Å²) in [6.45, 7) is 0. The second-order valence-electron chi connectivity index (χ2n) is 4.55. The molecule has 7 heteroatoms. The molecule has 2 aromatic rings. The minimum Gasteiger partial charge on any atom is -0.493 e. The normalized spacial score (nSPS) is 15.5. The predicted molar refractivity (Wildman–Crippen MR) is 92.2 cm³/mol. The molecule has 5 nitrogen and oxygen atoms in total. The van der Waals surface area contributed by atoms with Crippen molar-refractivity contribution < 1.29 is 19.0 Å². The number of aliphatic imine (C=N–C) groups is 1. The average Bonchev–Trinajstić information content (AvgIpc) is 3.17. The lowest BCUT2D eigenvalue weighted by molar-refractivity contribution is -0.129. The Morgan fingerprint density at radius 3 is 2.78 bits per heavy atom.